The summed E-state index contributed by atoms with van der Waals surface area (Å²) in [7, 11) is 1.60. The molecule has 7 nitrogen and oxygen atoms in total. The number of nitrogens with zero attached hydrogens (tertiary/aromatic N) is 4. The molecule has 3 heterocycles. The number of hydrogen-bond acceptors (Lipinski definition) is 6. The van der Waals surface area contributed by atoms with E-state index in [2.05, 4.69) is 33.8 Å². The molecule has 1 aromatic heterocycles. The molecule has 0 radical (unpaired) electrons. The Kier molecular flexibility index (Phi) is 7.24. The quantitative estimate of drug-likeness (QED) is 0.758. The summed E-state index contributed by atoms with van der Waals surface area (Å²) in [6, 6.07) is 0.369. The highest BCUT2D eigenvalue weighted by Crippen LogP contribution is 2.30. The molecule has 0 aliphatic carbocycles. The zero-order chi connectivity index (χ0) is 19.2. The van der Waals surface area contributed by atoms with Crippen molar-refractivity contribution in [1.82, 2.24) is 19.9 Å². The van der Waals surface area contributed by atoms with E-state index in [9.17, 15) is 4.79 Å². The Balaban J connectivity index is 1.55. The summed E-state index contributed by atoms with van der Waals surface area (Å²) in [5, 5.41) is 4.06. The van der Waals surface area contributed by atoms with Gasteiger partial charge in [0.05, 0.1) is 6.54 Å². The van der Waals surface area contributed by atoms with Crippen LogP contribution in [0.2, 0.25) is 0 Å². The SMILES string of the molecule is COCC(=O)N1CCCCCC1C1CCN(Cc2nc(C(C)C)no2)CC1. The molecule has 1 aromatic rings. The minimum atomic E-state index is 0.152. The number of carbonyl (C=O) groups is 1. The molecule has 2 aliphatic heterocycles. The van der Waals surface area contributed by atoms with Gasteiger partial charge in [0.2, 0.25) is 11.8 Å². The fourth-order valence-corrected chi connectivity index (χ4v) is 4.39. The molecule has 7 heteroatoms. The number of hydrogen-bond donors (Lipinski definition) is 0. The molecular formula is C20H34N4O3. The molecule has 0 spiro atoms. The molecule has 152 valence electrons. The topological polar surface area (TPSA) is 71.7 Å². The molecule has 2 saturated heterocycles. The summed E-state index contributed by atoms with van der Waals surface area (Å²) in [6.07, 6.45) is 6.92. The van der Waals surface area contributed by atoms with Crippen LogP contribution in [-0.2, 0) is 16.1 Å². The van der Waals surface area contributed by atoms with Crippen molar-refractivity contribution >= 4 is 5.91 Å². The Morgan fingerprint density at radius 3 is 2.63 bits per heavy atom. The van der Waals surface area contributed by atoms with Crippen LogP contribution in [-0.4, -0.2) is 65.2 Å². The maximum absolute atomic E-state index is 12.5. The Bertz CT molecular complexity index is 596. The molecule has 0 N–H and O–H groups in total. The van der Waals surface area contributed by atoms with Gasteiger partial charge in [0.15, 0.2) is 5.82 Å². The second-order valence-electron chi connectivity index (χ2n) is 8.25. The monoisotopic (exact) mass is 378 g/mol. The fourth-order valence-electron chi connectivity index (χ4n) is 4.39. The molecule has 0 saturated carbocycles. The first-order chi connectivity index (χ1) is 13.1. The zero-order valence-electron chi connectivity index (χ0n) is 17.0. The van der Waals surface area contributed by atoms with Gasteiger partial charge in [0.25, 0.3) is 0 Å². The summed E-state index contributed by atoms with van der Waals surface area (Å²) in [4.78, 5) is 21.5. The zero-order valence-corrected chi connectivity index (χ0v) is 17.0. The maximum atomic E-state index is 12.5. The molecular weight excluding hydrogens is 344 g/mol. The van der Waals surface area contributed by atoms with Crippen molar-refractivity contribution in [3.8, 4) is 0 Å². The molecule has 0 bridgehead atoms. The molecule has 2 aliphatic rings. The van der Waals surface area contributed by atoms with Gasteiger partial charge in [0.1, 0.15) is 6.61 Å². The molecule has 1 unspecified atom stereocenters. The number of likely N-dealkylation sites (tertiary alicyclic amines) is 2. The van der Waals surface area contributed by atoms with Crippen LogP contribution in [0.4, 0.5) is 0 Å². The highest BCUT2D eigenvalue weighted by atomic mass is 16.5. The van der Waals surface area contributed by atoms with Gasteiger partial charge >= 0.3 is 0 Å². The lowest BCUT2D eigenvalue weighted by atomic mass is 9.86. The minimum absolute atomic E-state index is 0.152. The summed E-state index contributed by atoms with van der Waals surface area (Å²) in [5.74, 6) is 2.52. The number of rotatable bonds is 6. The maximum Gasteiger partial charge on any atom is 0.248 e. The highest BCUT2D eigenvalue weighted by Gasteiger charge is 2.34. The van der Waals surface area contributed by atoms with E-state index in [0.717, 1.165) is 57.7 Å². The van der Waals surface area contributed by atoms with Crippen molar-refractivity contribution in [3.05, 3.63) is 11.7 Å². The average Bonchev–Trinajstić information content (AvgIpc) is 2.98. The van der Waals surface area contributed by atoms with Gasteiger partial charge in [-0.05, 0) is 44.7 Å². The van der Waals surface area contributed by atoms with Crippen LogP contribution in [0.25, 0.3) is 0 Å². The Labute approximate surface area is 162 Å². The summed E-state index contributed by atoms with van der Waals surface area (Å²) >= 11 is 0. The molecule has 1 amide bonds. The van der Waals surface area contributed by atoms with Gasteiger partial charge in [0, 0.05) is 25.6 Å². The minimum Gasteiger partial charge on any atom is -0.375 e. The molecule has 1 atom stereocenters. The Morgan fingerprint density at radius 2 is 1.96 bits per heavy atom. The van der Waals surface area contributed by atoms with Crippen molar-refractivity contribution in [2.24, 2.45) is 5.92 Å². The van der Waals surface area contributed by atoms with Crippen LogP contribution in [0, 0.1) is 5.92 Å². The smallest absolute Gasteiger partial charge is 0.248 e. The third kappa shape index (κ3) is 5.29. The van der Waals surface area contributed by atoms with Crippen LogP contribution in [0.1, 0.15) is 70.0 Å². The Morgan fingerprint density at radius 1 is 1.19 bits per heavy atom. The Hall–Kier alpha value is -1.47. The second kappa shape index (κ2) is 9.64. The van der Waals surface area contributed by atoms with Crippen LogP contribution < -0.4 is 0 Å². The normalized spacial score (nSPS) is 23.0. The lowest BCUT2D eigenvalue weighted by Crippen LogP contribution is -2.48. The van der Waals surface area contributed by atoms with E-state index in [1.807, 2.05) is 0 Å². The summed E-state index contributed by atoms with van der Waals surface area (Å²) in [6.45, 7) is 7.99. The van der Waals surface area contributed by atoms with Crippen LogP contribution in [0.5, 0.6) is 0 Å². The number of ether oxygens (including phenoxy) is 1. The predicted octanol–water partition coefficient (Wildman–Crippen LogP) is 2.82. The van der Waals surface area contributed by atoms with E-state index >= 15 is 0 Å². The lowest BCUT2D eigenvalue weighted by molar-refractivity contribution is -0.139. The lowest BCUT2D eigenvalue weighted by Gasteiger charge is -2.40. The second-order valence-corrected chi connectivity index (χ2v) is 8.25. The molecule has 3 rings (SSSR count). The van der Waals surface area contributed by atoms with E-state index in [0.29, 0.717) is 23.8 Å². The van der Waals surface area contributed by atoms with Gasteiger partial charge in [-0.25, -0.2) is 0 Å². The van der Waals surface area contributed by atoms with E-state index in [-0.39, 0.29) is 12.5 Å². The van der Waals surface area contributed by atoms with Gasteiger partial charge in [-0.15, -0.1) is 0 Å². The average molecular weight is 379 g/mol. The van der Waals surface area contributed by atoms with Gasteiger partial charge in [-0.3, -0.25) is 9.69 Å². The first-order valence-electron chi connectivity index (χ1n) is 10.4. The van der Waals surface area contributed by atoms with Crippen molar-refractivity contribution in [1.29, 1.82) is 0 Å². The predicted molar refractivity (Wildman–Crippen MR) is 102 cm³/mol. The van der Waals surface area contributed by atoms with Gasteiger partial charge in [-0.2, -0.15) is 4.98 Å². The standard InChI is InChI=1S/C20H34N4O3/c1-15(2)20-21-18(27-22-20)13-23-11-8-16(9-12-23)17-7-5-4-6-10-24(17)19(25)14-26-3/h15-17H,4-14H2,1-3H3. The van der Waals surface area contributed by atoms with E-state index in [1.165, 1.54) is 12.8 Å². The number of amides is 1. The summed E-state index contributed by atoms with van der Waals surface area (Å²) in [5.41, 5.74) is 0. The molecule has 0 aromatic carbocycles. The van der Waals surface area contributed by atoms with E-state index in [4.69, 9.17) is 9.26 Å². The van der Waals surface area contributed by atoms with Crippen LogP contribution >= 0.6 is 0 Å². The number of methoxy groups -OCH3 is 1. The first kappa shape index (κ1) is 20.3. The third-order valence-corrected chi connectivity index (χ3v) is 5.92. The van der Waals surface area contributed by atoms with Crippen LogP contribution in [0.3, 0.4) is 0 Å². The van der Waals surface area contributed by atoms with Crippen molar-refractivity contribution in [3.63, 3.8) is 0 Å². The molecule has 27 heavy (non-hydrogen) atoms. The van der Waals surface area contributed by atoms with Crippen molar-refractivity contribution in [2.75, 3.05) is 33.4 Å². The molecule has 2 fully saturated rings. The van der Waals surface area contributed by atoms with E-state index in [1.54, 1.807) is 7.11 Å². The number of carbonyl (C=O) groups excluding carboxylic acids is 1. The number of piperidine rings is 1. The largest absolute Gasteiger partial charge is 0.375 e. The number of aromatic nitrogens is 2. The van der Waals surface area contributed by atoms with Crippen molar-refractivity contribution in [2.45, 2.75) is 70.9 Å². The van der Waals surface area contributed by atoms with Gasteiger partial charge < -0.3 is 14.2 Å². The van der Waals surface area contributed by atoms with E-state index < -0.39 is 0 Å². The van der Waals surface area contributed by atoms with Crippen LogP contribution in [0.15, 0.2) is 4.52 Å². The first-order valence-corrected chi connectivity index (χ1v) is 10.4. The van der Waals surface area contributed by atoms with Gasteiger partial charge in [-0.1, -0.05) is 31.8 Å². The third-order valence-electron chi connectivity index (χ3n) is 5.92. The fraction of sp³-hybridized carbons (Fsp3) is 0.850. The highest BCUT2D eigenvalue weighted by molar-refractivity contribution is 5.77. The summed E-state index contributed by atoms with van der Waals surface area (Å²) < 4.78 is 10.5. The van der Waals surface area contributed by atoms with Crippen molar-refractivity contribution < 1.29 is 14.1 Å².